The fourth-order valence-electron chi connectivity index (χ4n) is 3.42. The largest absolute Gasteiger partial charge is 0.459 e. The summed E-state index contributed by atoms with van der Waals surface area (Å²) < 4.78 is 23.5. The van der Waals surface area contributed by atoms with Gasteiger partial charge in [-0.15, -0.1) is 0 Å². The van der Waals surface area contributed by atoms with Crippen molar-refractivity contribution in [3.05, 3.63) is 59.9 Å². The highest BCUT2D eigenvalue weighted by atomic mass is 19.1. The van der Waals surface area contributed by atoms with E-state index in [1.807, 2.05) is 0 Å². The molecule has 1 atom stereocenters. The van der Waals surface area contributed by atoms with E-state index in [2.05, 4.69) is 20.4 Å². The summed E-state index contributed by atoms with van der Waals surface area (Å²) in [5.74, 6) is 1.35. The molecule has 1 aromatic carbocycles. The number of nitrogens with one attached hydrogen (secondary N) is 1. The van der Waals surface area contributed by atoms with Crippen molar-refractivity contribution in [1.82, 2.24) is 20.4 Å². The SMILES string of the molecule is O=C(NCC1CCCN(Cc2noc(-c3ccco3)n2)C1)c1ccc(F)cc1. The lowest BCUT2D eigenvalue weighted by molar-refractivity contribution is 0.0929. The minimum Gasteiger partial charge on any atom is -0.459 e. The van der Waals surface area contributed by atoms with Crippen LogP contribution in [0, 0.1) is 11.7 Å². The molecule has 1 N–H and O–H groups in total. The fourth-order valence-corrected chi connectivity index (χ4v) is 3.42. The maximum absolute atomic E-state index is 13.0. The van der Waals surface area contributed by atoms with Crippen LogP contribution in [-0.4, -0.2) is 40.6 Å². The van der Waals surface area contributed by atoms with Crippen molar-refractivity contribution in [3.63, 3.8) is 0 Å². The molecule has 1 aliphatic rings. The molecule has 4 rings (SSSR count). The van der Waals surface area contributed by atoms with E-state index < -0.39 is 0 Å². The van der Waals surface area contributed by atoms with E-state index in [1.165, 1.54) is 24.3 Å². The number of hydrogen-bond acceptors (Lipinski definition) is 6. The third kappa shape index (κ3) is 4.45. The van der Waals surface area contributed by atoms with Crippen molar-refractivity contribution in [2.45, 2.75) is 19.4 Å². The van der Waals surface area contributed by atoms with E-state index in [0.29, 0.717) is 42.0 Å². The number of carbonyl (C=O) groups is 1. The molecule has 1 amide bonds. The van der Waals surface area contributed by atoms with E-state index >= 15 is 0 Å². The summed E-state index contributed by atoms with van der Waals surface area (Å²) in [4.78, 5) is 18.8. The molecule has 2 aromatic heterocycles. The van der Waals surface area contributed by atoms with Crippen molar-refractivity contribution >= 4 is 5.91 Å². The monoisotopic (exact) mass is 384 g/mol. The summed E-state index contributed by atoms with van der Waals surface area (Å²) in [5, 5.41) is 6.97. The third-order valence-electron chi connectivity index (χ3n) is 4.83. The number of aromatic nitrogens is 2. The van der Waals surface area contributed by atoms with Crippen LogP contribution in [0.5, 0.6) is 0 Å². The minimum absolute atomic E-state index is 0.182. The number of hydrogen-bond donors (Lipinski definition) is 1. The highest BCUT2D eigenvalue weighted by Crippen LogP contribution is 2.20. The number of halogens is 1. The van der Waals surface area contributed by atoms with E-state index in [0.717, 1.165) is 25.9 Å². The van der Waals surface area contributed by atoms with Crippen LogP contribution in [0.3, 0.4) is 0 Å². The molecule has 1 unspecified atom stereocenters. The molecule has 28 heavy (non-hydrogen) atoms. The number of benzene rings is 1. The topological polar surface area (TPSA) is 84.4 Å². The Morgan fingerprint density at radius 1 is 1.29 bits per heavy atom. The first-order valence-electron chi connectivity index (χ1n) is 9.30. The molecule has 0 aliphatic carbocycles. The van der Waals surface area contributed by atoms with Crippen LogP contribution < -0.4 is 5.32 Å². The molecule has 0 radical (unpaired) electrons. The van der Waals surface area contributed by atoms with Crippen LogP contribution >= 0.6 is 0 Å². The molecule has 0 spiro atoms. The first kappa shape index (κ1) is 18.4. The highest BCUT2D eigenvalue weighted by Gasteiger charge is 2.22. The Morgan fingerprint density at radius 3 is 2.93 bits per heavy atom. The minimum atomic E-state index is -0.351. The van der Waals surface area contributed by atoms with E-state index in [9.17, 15) is 9.18 Å². The lowest BCUT2D eigenvalue weighted by Crippen LogP contribution is -2.40. The average Bonchev–Trinajstić information content (AvgIpc) is 3.39. The zero-order valence-electron chi connectivity index (χ0n) is 15.3. The van der Waals surface area contributed by atoms with Gasteiger partial charge in [-0.3, -0.25) is 9.69 Å². The standard InChI is InChI=1S/C20H21FN4O3/c21-16-7-5-15(6-8-16)19(26)22-11-14-3-1-9-25(12-14)13-18-23-20(28-24-18)17-4-2-10-27-17/h2,4-8,10,14H,1,3,9,11-13H2,(H,22,26). The van der Waals surface area contributed by atoms with Gasteiger partial charge < -0.3 is 14.3 Å². The van der Waals surface area contributed by atoms with Gasteiger partial charge in [-0.1, -0.05) is 5.16 Å². The molecule has 3 heterocycles. The van der Waals surface area contributed by atoms with Crippen molar-refractivity contribution in [3.8, 4) is 11.7 Å². The number of likely N-dealkylation sites (tertiary alicyclic amines) is 1. The van der Waals surface area contributed by atoms with Crippen LogP contribution in [0.15, 0.2) is 51.6 Å². The van der Waals surface area contributed by atoms with Gasteiger partial charge in [-0.2, -0.15) is 4.98 Å². The average molecular weight is 384 g/mol. The fraction of sp³-hybridized carbons (Fsp3) is 0.350. The quantitative estimate of drug-likeness (QED) is 0.703. The van der Waals surface area contributed by atoms with Gasteiger partial charge in [-0.05, 0) is 61.7 Å². The Hall–Kier alpha value is -3.00. The number of carbonyl (C=O) groups excluding carboxylic acids is 1. The van der Waals surface area contributed by atoms with Crippen molar-refractivity contribution in [2.75, 3.05) is 19.6 Å². The van der Waals surface area contributed by atoms with Gasteiger partial charge in [0.1, 0.15) is 5.82 Å². The van der Waals surface area contributed by atoms with E-state index in [1.54, 1.807) is 18.4 Å². The van der Waals surface area contributed by atoms with Gasteiger partial charge in [0.2, 0.25) is 0 Å². The number of piperidine rings is 1. The normalized spacial score (nSPS) is 17.5. The summed E-state index contributed by atoms with van der Waals surface area (Å²) >= 11 is 0. The predicted molar refractivity (Wildman–Crippen MR) is 98.7 cm³/mol. The predicted octanol–water partition coefficient (Wildman–Crippen LogP) is 3.11. The smallest absolute Gasteiger partial charge is 0.293 e. The third-order valence-corrected chi connectivity index (χ3v) is 4.83. The second kappa shape index (κ2) is 8.35. The van der Waals surface area contributed by atoms with Crippen LogP contribution in [0.25, 0.3) is 11.7 Å². The number of amides is 1. The van der Waals surface area contributed by atoms with E-state index in [-0.39, 0.29) is 11.7 Å². The van der Waals surface area contributed by atoms with Gasteiger partial charge in [0, 0.05) is 18.7 Å². The molecule has 1 fully saturated rings. The first-order chi connectivity index (χ1) is 13.7. The Labute approximate surface area is 161 Å². The van der Waals surface area contributed by atoms with Crippen LogP contribution in [0.2, 0.25) is 0 Å². The lowest BCUT2D eigenvalue weighted by Gasteiger charge is -2.31. The maximum Gasteiger partial charge on any atom is 0.293 e. The second-order valence-electron chi connectivity index (χ2n) is 6.95. The Balaban J connectivity index is 1.28. The Kier molecular flexibility index (Phi) is 5.48. The second-order valence-corrected chi connectivity index (χ2v) is 6.95. The number of furan rings is 1. The molecule has 1 saturated heterocycles. The zero-order valence-corrected chi connectivity index (χ0v) is 15.3. The van der Waals surface area contributed by atoms with Crippen LogP contribution in [0.4, 0.5) is 4.39 Å². The van der Waals surface area contributed by atoms with Gasteiger partial charge in [0.05, 0.1) is 12.8 Å². The summed E-state index contributed by atoms with van der Waals surface area (Å²) in [6, 6.07) is 9.11. The van der Waals surface area contributed by atoms with Crippen LogP contribution in [-0.2, 0) is 6.54 Å². The summed E-state index contributed by atoms with van der Waals surface area (Å²) in [7, 11) is 0. The van der Waals surface area contributed by atoms with Crippen molar-refractivity contribution in [2.24, 2.45) is 5.92 Å². The molecule has 146 valence electrons. The zero-order chi connectivity index (χ0) is 19.3. The molecule has 0 bridgehead atoms. The molecule has 8 heteroatoms. The highest BCUT2D eigenvalue weighted by molar-refractivity contribution is 5.94. The van der Waals surface area contributed by atoms with Gasteiger partial charge in [0.15, 0.2) is 11.6 Å². The number of nitrogens with zero attached hydrogens (tertiary/aromatic N) is 3. The van der Waals surface area contributed by atoms with Gasteiger partial charge in [-0.25, -0.2) is 4.39 Å². The van der Waals surface area contributed by atoms with Crippen molar-refractivity contribution in [1.29, 1.82) is 0 Å². The van der Waals surface area contributed by atoms with Crippen LogP contribution in [0.1, 0.15) is 29.0 Å². The van der Waals surface area contributed by atoms with Crippen molar-refractivity contribution < 1.29 is 18.1 Å². The van der Waals surface area contributed by atoms with E-state index in [4.69, 9.17) is 8.94 Å². The number of rotatable bonds is 6. The lowest BCUT2D eigenvalue weighted by atomic mass is 9.98. The van der Waals surface area contributed by atoms with Gasteiger partial charge >= 0.3 is 0 Å². The maximum atomic E-state index is 13.0. The molecule has 1 aliphatic heterocycles. The molecule has 0 saturated carbocycles. The molecule has 7 nitrogen and oxygen atoms in total. The Morgan fingerprint density at radius 2 is 2.14 bits per heavy atom. The first-order valence-corrected chi connectivity index (χ1v) is 9.30. The summed E-state index contributed by atoms with van der Waals surface area (Å²) in [6.45, 7) is 2.96. The summed E-state index contributed by atoms with van der Waals surface area (Å²) in [5.41, 5.74) is 0.464. The van der Waals surface area contributed by atoms with Gasteiger partial charge in [0.25, 0.3) is 11.8 Å². The molecular formula is C20H21FN4O3. The summed E-state index contributed by atoms with van der Waals surface area (Å²) in [6.07, 6.45) is 3.65. The molecular weight excluding hydrogens is 363 g/mol. The molecule has 3 aromatic rings. The Bertz CT molecular complexity index is 908.